The number of nitrogens with one attached hydrogen (secondary N) is 1. The molecule has 1 aromatic heterocycles. The van der Waals surface area contributed by atoms with Crippen molar-refractivity contribution < 1.29 is 4.74 Å². The summed E-state index contributed by atoms with van der Waals surface area (Å²) in [7, 11) is 1.96. The van der Waals surface area contributed by atoms with Crippen molar-refractivity contribution in [1.82, 2.24) is 15.1 Å². The Hall–Kier alpha value is -0.580. The first-order valence-corrected chi connectivity index (χ1v) is 7.06. The molecule has 1 saturated heterocycles. The molecule has 4 nitrogen and oxygen atoms in total. The number of likely N-dealkylation sites (N-methyl/N-ethyl adjacent to an activating group) is 1. The van der Waals surface area contributed by atoms with Gasteiger partial charge in [0.2, 0.25) is 0 Å². The van der Waals surface area contributed by atoms with Crippen molar-refractivity contribution >= 4 is 11.6 Å². The van der Waals surface area contributed by atoms with Gasteiger partial charge in [0.1, 0.15) is 0 Å². The fourth-order valence-corrected chi connectivity index (χ4v) is 2.93. The van der Waals surface area contributed by atoms with E-state index >= 15 is 0 Å². The molecule has 1 N–H and O–H groups in total. The molecule has 5 heteroatoms. The van der Waals surface area contributed by atoms with Crippen molar-refractivity contribution in [2.45, 2.75) is 45.4 Å². The van der Waals surface area contributed by atoms with Crippen molar-refractivity contribution in [3.05, 3.63) is 16.9 Å². The fraction of sp³-hybridized carbons (Fsp3) is 0.769. The third-order valence-electron chi connectivity index (χ3n) is 3.65. The molecule has 0 amide bonds. The number of nitrogens with zero attached hydrogens (tertiary/aromatic N) is 2. The molecule has 0 bridgehead atoms. The summed E-state index contributed by atoms with van der Waals surface area (Å²) in [6.07, 6.45) is 4.07. The lowest BCUT2D eigenvalue weighted by Gasteiger charge is -2.26. The predicted octanol–water partition coefficient (Wildman–Crippen LogP) is 2.63. The molecule has 0 radical (unpaired) electrons. The van der Waals surface area contributed by atoms with E-state index in [0.717, 1.165) is 36.7 Å². The van der Waals surface area contributed by atoms with E-state index in [4.69, 9.17) is 16.3 Å². The van der Waals surface area contributed by atoms with Gasteiger partial charge in [0, 0.05) is 13.2 Å². The van der Waals surface area contributed by atoms with Gasteiger partial charge in [-0.15, -0.1) is 0 Å². The van der Waals surface area contributed by atoms with Crippen molar-refractivity contribution in [2.75, 3.05) is 13.7 Å². The van der Waals surface area contributed by atoms with Crippen LogP contribution in [0.4, 0.5) is 0 Å². The molecule has 1 aromatic rings. The van der Waals surface area contributed by atoms with E-state index in [9.17, 15) is 0 Å². The Kier molecular flexibility index (Phi) is 4.65. The minimum absolute atomic E-state index is 0.115. The second-order valence-electron chi connectivity index (χ2n) is 4.97. The Balaban J connectivity index is 2.28. The van der Waals surface area contributed by atoms with Crippen LogP contribution in [0.2, 0.25) is 5.02 Å². The Morgan fingerprint density at radius 1 is 1.67 bits per heavy atom. The van der Waals surface area contributed by atoms with Gasteiger partial charge in [-0.3, -0.25) is 4.68 Å². The first-order valence-electron chi connectivity index (χ1n) is 6.69. The number of hydrogen-bond acceptors (Lipinski definition) is 3. The van der Waals surface area contributed by atoms with Crippen molar-refractivity contribution in [2.24, 2.45) is 5.92 Å². The molecule has 102 valence electrons. The van der Waals surface area contributed by atoms with Gasteiger partial charge in [0.25, 0.3) is 0 Å². The molecule has 0 saturated carbocycles. The quantitative estimate of drug-likeness (QED) is 0.895. The zero-order chi connectivity index (χ0) is 13.1. The van der Waals surface area contributed by atoms with Crippen LogP contribution in [0.25, 0.3) is 0 Å². The Morgan fingerprint density at radius 3 is 3.00 bits per heavy atom. The van der Waals surface area contributed by atoms with E-state index in [1.807, 2.05) is 11.7 Å². The lowest BCUT2D eigenvalue weighted by Crippen LogP contribution is -2.34. The Bertz CT molecular complexity index is 394. The average molecular weight is 272 g/mol. The summed E-state index contributed by atoms with van der Waals surface area (Å²) in [5.41, 5.74) is 1.06. The van der Waals surface area contributed by atoms with Crippen LogP contribution in [-0.4, -0.2) is 29.5 Å². The Morgan fingerprint density at radius 2 is 2.44 bits per heavy atom. The maximum Gasteiger partial charge on any atom is 0.0835 e. The van der Waals surface area contributed by atoms with E-state index in [1.54, 1.807) is 6.20 Å². The van der Waals surface area contributed by atoms with Crippen LogP contribution >= 0.6 is 11.6 Å². The summed E-state index contributed by atoms with van der Waals surface area (Å²) in [6.45, 7) is 6.10. The van der Waals surface area contributed by atoms with Crippen LogP contribution < -0.4 is 5.32 Å². The van der Waals surface area contributed by atoms with Gasteiger partial charge in [0.15, 0.2) is 0 Å². The van der Waals surface area contributed by atoms with Gasteiger partial charge in [0.05, 0.1) is 29.1 Å². The van der Waals surface area contributed by atoms with Crippen LogP contribution in [0.1, 0.15) is 38.4 Å². The average Bonchev–Trinajstić information content (AvgIpc) is 2.91. The molecule has 3 unspecified atom stereocenters. The normalized spacial score (nSPS) is 25.6. The van der Waals surface area contributed by atoms with E-state index < -0.39 is 0 Å². The summed E-state index contributed by atoms with van der Waals surface area (Å²) >= 11 is 6.30. The molecule has 0 aliphatic carbocycles. The monoisotopic (exact) mass is 271 g/mol. The van der Waals surface area contributed by atoms with Crippen molar-refractivity contribution in [3.63, 3.8) is 0 Å². The van der Waals surface area contributed by atoms with Crippen LogP contribution in [0, 0.1) is 5.92 Å². The van der Waals surface area contributed by atoms with E-state index in [0.29, 0.717) is 5.92 Å². The second-order valence-corrected chi connectivity index (χ2v) is 5.38. The summed E-state index contributed by atoms with van der Waals surface area (Å²) in [5.74, 6) is 0.545. The number of aromatic nitrogens is 2. The molecule has 1 aliphatic heterocycles. The standard InChI is InChI=1S/C13H22ClN3O/c1-4-6-17-12(10(14)8-16-17)11(15-3)13-9(2)5-7-18-13/h8-9,11,13,15H,4-7H2,1-3H3. The maximum atomic E-state index is 6.30. The third-order valence-corrected chi connectivity index (χ3v) is 3.94. The highest BCUT2D eigenvalue weighted by atomic mass is 35.5. The SMILES string of the molecule is CCCn1ncc(Cl)c1C(NC)C1OCCC1C. The summed E-state index contributed by atoms with van der Waals surface area (Å²) in [4.78, 5) is 0. The van der Waals surface area contributed by atoms with Gasteiger partial charge < -0.3 is 10.1 Å². The molecule has 1 fully saturated rings. The van der Waals surface area contributed by atoms with Gasteiger partial charge in [-0.25, -0.2) is 0 Å². The number of halogens is 1. The molecular weight excluding hydrogens is 250 g/mol. The Labute approximate surface area is 114 Å². The molecule has 0 aromatic carbocycles. The van der Waals surface area contributed by atoms with E-state index in [2.05, 4.69) is 24.3 Å². The van der Waals surface area contributed by atoms with Gasteiger partial charge in [-0.2, -0.15) is 5.10 Å². The molecular formula is C13H22ClN3O. The molecule has 2 rings (SSSR count). The van der Waals surface area contributed by atoms with Crippen molar-refractivity contribution in [3.8, 4) is 0 Å². The van der Waals surface area contributed by atoms with Crippen LogP contribution in [0.15, 0.2) is 6.20 Å². The largest absolute Gasteiger partial charge is 0.376 e. The fourth-order valence-electron chi connectivity index (χ4n) is 2.67. The molecule has 1 aliphatic rings. The number of aryl methyl sites for hydroxylation is 1. The highest BCUT2D eigenvalue weighted by Gasteiger charge is 2.35. The van der Waals surface area contributed by atoms with Crippen LogP contribution in [0.5, 0.6) is 0 Å². The van der Waals surface area contributed by atoms with E-state index in [-0.39, 0.29) is 12.1 Å². The summed E-state index contributed by atoms with van der Waals surface area (Å²) in [5, 5.41) is 8.43. The van der Waals surface area contributed by atoms with E-state index in [1.165, 1.54) is 0 Å². The summed E-state index contributed by atoms with van der Waals surface area (Å²) < 4.78 is 7.87. The molecule has 3 atom stereocenters. The zero-order valence-corrected chi connectivity index (χ0v) is 12.1. The van der Waals surface area contributed by atoms with Crippen molar-refractivity contribution in [1.29, 1.82) is 0 Å². The number of rotatable bonds is 5. The topological polar surface area (TPSA) is 39.1 Å². The third kappa shape index (κ3) is 2.56. The molecule has 18 heavy (non-hydrogen) atoms. The summed E-state index contributed by atoms with van der Waals surface area (Å²) in [6, 6.07) is 0.115. The minimum Gasteiger partial charge on any atom is -0.376 e. The van der Waals surface area contributed by atoms with Gasteiger partial charge >= 0.3 is 0 Å². The highest BCUT2D eigenvalue weighted by molar-refractivity contribution is 6.31. The van der Waals surface area contributed by atoms with Crippen LogP contribution in [-0.2, 0) is 11.3 Å². The van der Waals surface area contributed by atoms with Gasteiger partial charge in [-0.05, 0) is 25.8 Å². The maximum absolute atomic E-state index is 6.30. The lowest BCUT2D eigenvalue weighted by atomic mass is 9.95. The second kappa shape index (κ2) is 6.04. The lowest BCUT2D eigenvalue weighted by molar-refractivity contribution is 0.0604. The van der Waals surface area contributed by atoms with Gasteiger partial charge in [-0.1, -0.05) is 25.4 Å². The van der Waals surface area contributed by atoms with Crippen LogP contribution in [0.3, 0.4) is 0 Å². The smallest absolute Gasteiger partial charge is 0.0835 e. The minimum atomic E-state index is 0.115. The first-order chi connectivity index (χ1) is 8.69. The molecule has 0 spiro atoms. The predicted molar refractivity (Wildman–Crippen MR) is 72.8 cm³/mol. The molecule has 2 heterocycles. The number of ether oxygens (including phenoxy) is 1. The highest BCUT2D eigenvalue weighted by Crippen LogP contribution is 2.34. The number of hydrogen-bond donors (Lipinski definition) is 1. The zero-order valence-electron chi connectivity index (χ0n) is 11.3. The first kappa shape index (κ1) is 13.8.